The van der Waals surface area contributed by atoms with Gasteiger partial charge in [0.25, 0.3) is 11.8 Å². The molecule has 9 nitrogen and oxygen atoms in total. The Balaban J connectivity index is 1.22. The zero-order chi connectivity index (χ0) is 27.4. The van der Waals surface area contributed by atoms with Crippen LogP contribution in [0, 0.1) is 0 Å². The molecule has 6 rings (SSSR count). The number of fused-ring (bicyclic) bond motifs is 1. The average molecular weight is 548 g/mol. The largest absolute Gasteiger partial charge is 0.325 e. The summed E-state index contributed by atoms with van der Waals surface area (Å²) in [5.41, 5.74) is 1.67. The molecule has 2 aromatic rings. The fourth-order valence-corrected chi connectivity index (χ4v) is 6.70. The SMILES string of the molecule is CN1C(=O)NC(=O)C12Cc1ccc(NC(=O)CN3C(=O)C(c4ccccc4Cl)=NC34CCCCCC4)cc1C2. The number of benzene rings is 2. The number of halogens is 1. The summed E-state index contributed by atoms with van der Waals surface area (Å²) in [7, 11) is 1.63. The van der Waals surface area contributed by atoms with Crippen molar-refractivity contribution in [2.24, 2.45) is 4.99 Å². The van der Waals surface area contributed by atoms with Crippen molar-refractivity contribution in [1.29, 1.82) is 0 Å². The van der Waals surface area contributed by atoms with Gasteiger partial charge in [0.1, 0.15) is 23.5 Å². The molecule has 2 spiro atoms. The number of amides is 5. The van der Waals surface area contributed by atoms with Crippen molar-refractivity contribution in [2.45, 2.75) is 62.6 Å². The van der Waals surface area contributed by atoms with E-state index in [1.54, 1.807) is 30.1 Å². The van der Waals surface area contributed by atoms with Crippen LogP contribution in [-0.2, 0) is 27.2 Å². The van der Waals surface area contributed by atoms with Crippen LogP contribution in [-0.4, -0.2) is 64.1 Å². The van der Waals surface area contributed by atoms with E-state index in [0.29, 0.717) is 47.7 Å². The first-order valence-corrected chi connectivity index (χ1v) is 13.8. The summed E-state index contributed by atoms with van der Waals surface area (Å²) in [5, 5.41) is 5.80. The van der Waals surface area contributed by atoms with Gasteiger partial charge in [-0.3, -0.25) is 24.7 Å². The molecule has 2 N–H and O–H groups in total. The monoisotopic (exact) mass is 547 g/mol. The Morgan fingerprint density at radius 1 is 1.03 bits per heavy atom. The number of carbonyl (C=O) groups is 4. The molecule has 5 amide bonds. The Bertz CT molecular complexity index is 1430. The number of hydrogen-bond acceptors (Lipinski definition) is 5. The molecule has 1 unspecified atom stereocenters. The highest BCUT2D eigenvalue weighted by atomic mass is 35.5. The summed E-state index contributed by atoms with van der Waals surface area (Å²) in [6.45, 7) is -0.128. The van der Waals surface area contributed by atoms with Gasteiger partial charge >= 0.3 is 6.03 Å². The van der Waals surface area contributed by atoms with Gasteiger partial charge in [-0.15, -0.1) is 0 Å². The molecule has 1 atom stereocenters. The first-order chi connectivity index (χ1) is 18.7. The molecular formula is C29H30ClN5O4. The second-order valence-electron chi connectivity index (χ2n) is 11.0. The zero-order valence-electron chi connectivity index (χ0n) is 21.8. The minimum atomic E-state index is -0.928. The summed E-state index contributed by atoms with van der Waals surface area (Å²) < 4.78 is 0. The molecule has 2 aromatic carbocycles. The molecule has 202 valence electrons. The molecule has 1 saturated heterocycles. The van der Waals surface area contributed by atoms with Crippen LogP contribution < -0.4 is 10.6 Å². The fourth-order valence-electron chi connectivity index (χ4n) is 6.48. The van der Waals surface area contributed by atoms with Gasteiger partial charge in [0.2, 0.25) is 5.91 Å². The summed E-state index contributed by atoms with van der Waals surface area (Å²) in [4.78, 5) is 59.8. The summed E-state index contributed by atoms with van der Waals surface area (Å²) in [6, 6.07) is 12.3. The van der Waals surface area contributed by atoms with Crippen LogP contribution in [0.4, 0.5) is 10.5 Å². The van der Waals surface area contributed by atoms with Crippen molar-refractivity contribution in [3.63, 3.8) is 0 Å². The third-order valence-electron chi connectivity index (χ3n) is 8.65. The number of anilines is 1. The van der Waals surface area contributed by atoms with Crippen LogP contribution in [0.2, 0.25) is 5.02 Å². The Labute approximate surface area is 231 Å². The summed E-state index contributed by atoms with van der Waals surface area (Å²) in [5.74, 6) is -0.899. The Morgan fingerprint density at radius 2 is 1.74 bits per heavy atom. The van der Waals surface area contributed by atoms with Crippen molar-refractivity contribution in [1.82, 2.24) is 15.1 Å². The first-order valence-electron chi connectivity index (χ1n) is 13.4. The number of hydrogen-bond donors (Lipinski definition) is 2. The lowest BCUT2D eigenvalue weighted by molar-refractivity contribution is -0.133. The highest BCUT2D eigenvalue weighted by Crippen LogP contribution is 2.40. The van der Waals surface area contributed by atoms with Crippen molar-refractivity contribution in [2.75, 3.05) is 18.9 Å². The number of nitrogens with one attached hydrogen (secondary N) is 2. The van der Waals surface area contributed by atoms with E-state index in [9.17, 15) is 19.2 Å². The number of rotatable bonds is 4. The smallest absolute Gasteiger partial charge is 0.324 e. The third-order valence-corrected chi connectivity index (χ3v) is 8.98. The van der Waals surface area contributed by atoms with Gasteiger partial charge in [-0.05, 0) is 55.0 Å². The summed E-state index contributed by atoms with van der Waals surface area (Å²) in [6.07, 6.45) is 6.22. The van der Waals surface area contributed by atoms with Crippen molar-refractivity contribution >= 4 is 46.8 Å². The second-order valence-corrected chi connectivity index (χ2v) is 11.4. The molecule has 0 radical (unpaired) electrons. The van der Waals surface area contributed by atoms with Crippen molar-refractivity contribution in [3.05, 3.63) is 64.2 Å². The van der Waals surface area contributed by atoms with E-state index in [4.69, 9.17) is 16.6 Å². The van der Waals surface area contributed by atoms with Crippen LogP contribution in [0.3, 0.4) is 0 Å². The first kappa shape index (κ1) is 25.6. The fraction of sp³-hybridized carbons (Fsp3) is 0.414. The maximum Gasteiger partial charge on any atom is 0.324 e. The second kappa shape index (κ2) is 9.48. The maximum absolute atomic E-state index is 13.7. The highest BCUT2D eigenvalue weighted by Gasteiger charge is 2.54. The van der Waals surface area contributed by atoms with E-state index in [2.05, 4.69) is 10.6 Å². The minimum absolute atomic E-state index is 0.128. The van der Waals surface area contributed by atoms with Crippen molar-refractivity contribution in [3.8, 4) is 0 Å². The molecule has 2 heterocycles. The van der Waals surface area contributed by atoms with Gasteiger partial charge in [-0.25, -0.2) is 4.79 Å². The van der Waals surface area contributed by atoms with Gasteiger partial charge in [0.05, 0.1) is 5.02 Å². The number of carbonyl (C=O) groups excluding carboxylic acids is 4. The Hall–Kier alpha value is -3.72. The van der Waals surface area contributed by atoms with E-state index in [-0.39, 0.29) is 24.3 Å². The molecular weight excluding hydrogens is 518 g/mol. The van der Waals surface area contributed by atoms with Crippen molar-refractivity contribution < 1.29 is 19.2 Å². The lowest BCUT2D eigenvalue weighted by Crippen LogP contribution is -2.50. The number of nitrogens with zero attached hydrogens (tertiary/aromatic N) is 3. The minimum Gasteiger partial charge on any atom is -0.325 e. The quantitative estimate of drug-likeness (QED) is 0.569. The Kier molecular flexibility index (Phi) is 6.21. The van der Waals surface area contributed by atoms with Crippen LogP contribution in [0.5, 0.6) is 0 Å². The molecule has 2 fully saturated rings. The van der Waals surface area contributed by atoms with E-state index in [1.807, 2.05) is 24.3 Å². The van der Waals surface area contributed by atoms with Gasteiger partial charge in [-0.1, -0.05) is 48.7 Å². The van der Waals surface area contributed by atoms with Gasteiger partial charge < -0.3 is 15.1 Å². The van der Waals surface area contributed by atoms with E-state index >= 15 is 0 Å². The topological polar surface area (TPSA) is 111 Å². The predicted octanol–water partition coefficient (Wildman–Crippen LogP) is 3.68. The highest BCUT2D eigenvalue weighted by molar-refractivity contribution is 6.50. The normalized spacial score (nSPS) is 23.7. The number of likely N-dealkylation sites (N-methyl/N-ethyl adjacent to an activating group) is 1. The lowest BCUT2D eigenvalue weighted by Gasteiger charge is -2.35. The lowest BCUT2D eigenvalue weighted by atomic mass is 9.95. The maximum atomic E-state index is 13.7. The number of urea groups is 1. The molecule has 2 aliphatic heterocycles. The van der Waals surface area contributed by atoms with E-state index in [0.717, 1.165) is 36.8 Å². The summed E-state index contributed by atoms with van der Waals surface area (Å²) >= 11 is 6.43. The molecule has 4 aliphatic rings. The van der Waals surface area contributed by atoms with Crippen LogP contribution in [0.25, 0.3) is 0 Å². The molecule has 39 heavy (non-hydrogen) atoms. The van der Waals surface area contributed by atoms with Crippen LogP contribution >= 0.6 is 11.6 Å². The number of aliphatic imine (C=N–C) groups is 1. The third kappa shape index (κ3) is 4.19. The molecule has 0 aromatic heterocycles. The average Bonchev–Trinajstić information content (AvgIpc) is 3.39. The predicted molar refractivity (Wildman–Crippen MR) is 147 cm³/mol. The molecule has 10 heteroatoms. The van der Waals surface area contributed by atoms with E-state index in [1.165, 1.54) is 4.90 Å². The zero-order valence-corrected chi connectivity index (χ0v) is 22.5. The number of imide groups is 1. The van der Waals surface area contributed by atoms with Crippen LogP contribution in [0.15, 0.2) is 47.5 Å². The van der Waals surface area contributed by atoms with Gasteiger partial charge in [0, 0.05) is 31.1 Å². The molecule has 1 saturated carbocycles. The Morgan fingerprint density at radius 3 is 2.44 bits per heavy atom. The van der Waals surface area contributed by atoms with Gasteiger partial charge in [-0.2, -0.15) is 0 Å². The molecule has 2 aliphatic carbocycles. The van der Waals surface area contributed by atoms with Crippen LogP contribution in [0.1, 0.15) is 55.2 Å². The molecule has 0 bridgehead atoms. The van der Waals surface area contributed by atoms with E-state index < -0.39 is 17.2 Å². The van der Waals surface area contributed by atoms with Gasteiger partial charge in [0.15, 0.2) is 0 Å². The standard InChI is InChI=1S/C29H30ClN5O4/c1-34-27(39)32-26(38)28(34)15-18-10-11-20(14-19(18)16-28)31-23(36)17-35-25(37)24(21-8-4-5-9-22(21)30)33-29(35)12-6-2-3-7-13-29/h4-5,8-11,14H,2-3,6-7,12-13,15-17H2,1H3,(H,31,36)(H,32,38,39).